The number of hydrogen-bond donors (Lipinski definition) is 1. The molecule has 0 aromatic rings. The highest BCUT2D eigenvalue weighted by Crippen LogP contribution is 2.74. The van der Waals surface area contributed by atoms with Crippen molar-refractivity contribution < 1.29 is 19.3 Å². The fourth-order valence-electron chi connectivity index (χ4n) is 8.34. The van der Waals surface area contributed by atoms with Crippen molar-refractivity contribution in [3.63, 3.8) is 0 Å². The molecule has 25 heavy (non-hydrogen) atoms. The van der Waals surface area contributed by atoms with Crippen LogP contribution in [0.3, 0.4) is 0 Å². The summed E-state index contributed by atoms with van der Waals surface area (Å²) >= 11 is 0. The van der Waals surface area contributed by atoms with E-state index in [1.54, 1.807) is 0 Å². The zero-order valence-electron chi connectivity index (χ0n) is 15.6. The highest BCUT2D eigenvalue weighted by atomic mass is 16.7. The summed E-state index contributed by atoms with van der Waals surface area (Å²) in [6.45, 7) is 6.35. The molecular formula is C21H32O4. The highest BCUT2D eigenvalue weighted by molar-refractivity contribution is 5.25. The lowest BCUT2D eigenvalue weighted by atomic mass is 9.44. The van der Waals surface area contributed by atoms with Crippen molar-refractivity contribution >= 4 is 0 Å². The Kier molecular flexibility index (Phi) is 2.93. The van der Waals surface area contributed by atoms with Crippen LogP contribution in [-0.2, 0) is 14.2 Å². The van der Waals surface area contributed by atoms with Crippen LogP contribution in [0.25, 0.3) is 0 Å². The number of aliphatic hydroxyl groups is 1. The molecule has 6 fully saturated rings. The SMILES string of the molecule is C[C@]12CCC3C(C[C@H]4O[C@]45CC4(CC[C@]35C)OCCO4)C1CCC2O. The average Bonchev–Trinajstić information content (AvgIpc) is 2.94. The predicted octanol–water partition coefficient (Wildman–Crippen LogP) is 3.26. The molecule has 8 atom stereocenters. The molecule has 140 valence electrons. The van der Waals surface area contributed by atoms with Crippen LogP contribution >= 0.6 is 0 Å². The largest absolute Gasteiger partial charge is 0.393 e. The Bertz CT molecular complexity index is 601. The van der Waals surface area contributed by atoms with Crippen LogP contribution < -0.4 is 0 Å². The van der Waals surface area contributed by atoms with Gasteiger partial charge in [0.25, 0.3) is 0 Å². The molecule has 4 saturated carbocycles. The van der Waals surface area contributed by atoms with Crippen molar-refractivity contribution in [1.29, 1.82) is 0 Å². The first-order chi connectivity index (χ1) is 11.9. The van der Waals surface area contributed by atoms with Gasteiger partial charge in [0.15, 0.2) is 5.79 Å². The molecule has 4 aliphatic carbocycles. The van der Waals surface area contributed by atoms with Gasteiger partial charge in [0.05, 0.1) is 25.4 Å². The lowest BCUT2D eigenvalue weighted by Gasteiger charge is -2.59. The Morgan fingerprint density at radius 2 is 1.72 bits per heavy atom. The van der Waals surface area contributed by atoms with Crippen molar-refractivity contribution in [2.24, 2.45) is 28.6 Å². The fourth-order valence-corrected chi connectivity index (χ4v) is 8.34. The Hall–Kier alpha value is -0.160. The molecule has 1 N–H and O–H groups in total. The van der Waals surface area contributed by atoms with E-state index in [4.69, 9.17) is 14.2 Å². The van der Waals surface area contributed by atoms with Crippen LogP contribution in [0.4, 0.5) is 0 Å². The zero-order valence-corrected chi connectivity index (χ0v) is 15.6. The summed E-state index contributed by atoms with van der Waals surface area (Å²) < 4.78 is 18.7. The van der Waals surface area contributed by atoms with E-state index in [0.717, 1.165) is 50.7 Å². The van der Waals surface area contributed by atoms with E-state index in [2.05, 4.69) is 13.8 Å². The second-order valence-corrected chi connectivity index (χ2v) is 10.4. The van der Waals surface area contributed by atoms with Gasteiger partial charge in [-0.2, -0.15) is 0 Å². The lowest BCUT2D eigenvalue weighted by molar-refractivity contribution is -0.227. The van der Waals surface area contributed by atoms with Crippen molar-refractivity contribution in [2.75, 3.05) is 13.2 Å². The summed E-state index contributed by atoms with van der Waals surface area (Å²) in [5, 5.41) is 10.6. The van der Waals surface area contributed by atoms with Crippen molar-refractivity contribution in [3.8, 4) is 0 Å². The summed E-state index contributed by atoms with van der Waals surface area (Å²) in [5.74, 6) is 1.82. The van der Waals surface area contributed by atoms with E-state index >= 15 is 0 Å². The maximum atomic E-state index is 10.6. The number of hydrogen-bond acceptors (Lipinski definition) is 4. The molecule has 2 aliphatic heterocycles. The van der Waals surface area contributed by atoms with E-state index in [-0.39, 0.29) is 28.3 Å². The van der Waals surface area contributed by atoms with Gasteiger partial charge in [0.2, 0.25) is 0 Å². The van der Waals surface area contributed by atoms with Crippen LogP contribution in [0.15, 0.2) is 0 Å². The smallest absolute Gasteiger partial charge is 0.171 e. The lowest BCUT2D eigenvalue weighted by Crippen LogP contribution is -2.61. The molecule has 2 saturated heterocycles. The molecule has 4 heteroatoms. The Morgan fingerprint density at radius 3 is 2.52 bits per heavy atom. The molecule has 0 amide bonds. The molecule has 6 rings (SSSR count). The summed E-state index contributed by atoms with van der Waals surface area (Å²) in [4.78, 5) is 0. The first kappa shape index (κ1) is 15.9. The van der Waals surface area contributed by atoms with Crippen molar-refractivity contribution in [1.82, 2.24) is 0 Å². The Labute approximate surface area is 150 Å². The van der Waals surface area contributed by atoms with Gasteiger partial charge in [-0.05, 0) is 61.7 Å². The molecule has 0 radical (unpaired) electrons. The van der Waals surface area contributed by atoms with E-state index in [9.17, 15) is 5.11 Å². The molecule has 0 aromatic carbocycles. The van der Waals surface area contributed by atoms with Crippen LogP contribution in [0.5, 0.6) is 0 Å². The van der Waals surface area contributed by atoms with Gasteiger partial charge >= 0.3 is 0 Å². The minimum atomic E-state index is -0.353. The first-order valence-electron chi connectivity index (χ1n) is 10.6. The zero-order chi connectivity index (χ0) is 17.1. The maximum Gasteiger partial charge on any atom is 0.171 e. The highest BCUT2D eigenvalue weighted by Gasteiger charge is 2.78. The third-order valence-electron chi connectivity index (χ3n) is 9.84. The van der Waals surface area contributed by atoms with E-state index in [1.807, 2.05) is 0 Å². The van der Waals surface area contributed by atoms with Crippen LogP contribution in [0, 0.1) is 28.6 Å². The number of ether oxygens (including phenoxy) is 3. The van der Waals surface area contributed by atoms with Crippen LogP contribution in [0.2, 0.25) is 0 Å². The second kappa shape index (κ2) is 4.63. The summed E-state index contributed by atoms with van der Waals surface area (Å²) in [6.07, 6.45) is 9.29. The van der Waals surface area contributed by atoms with Gasteiger partial charge in [-0.15, -0.1) is 0 Å². The number of aliphatic hydroxyl groups excluding tert-OH is 1. The van der Waals surface area contributed by atoms with E-state index in [1.165, 1.54) is 25.7 Å². The molecule has 6 aliphatic rings. The topological polar surface area (TPSA) is 51.2 Å². The molecule has 4 nitrogen and oxygen atoms in total. The fraction of sp³-hybridized carbons (Fsp3) is 1.00. The first-order valence-corrected chi connectivity index (χ1v) is 10.6. The Morgan fingerprint density at radius 1 is 0.920 bits per heavy atom. The van der Waals surface area contributed by atoms with Crippen LogP contribution in [0.1, 0.15) is 65.2 Å². The third-order valence-corrected chi connectivity index (χ3v) is 9.84. The van der Waals surface area contributed by atoms with Gasteiger partial charge in [-0.3, -0.25) is 0 Å². The quantitative estimate of drug-likeness (QED) is 0.683. The molecule has 4 unspecified atom stereocenters. The van der Waals surface area contributed by atoms with Gasteiger partial charge < -0.3 is 19.3 Å². The monoisotopic (exact) mass is 348 g/mol. The minimum Gasteiger partial charge on any atom is -0.393 e. The van der Waals surface area contributed by atoms with Gasteiger partial charge in [-0.25, -0.2) is 0 Å². The maximum absolute atomic E-state index is 10.6. The molecule has 0 bridgehead atoms. The average molecular weight is 348 g/mol. The minimum absolute atomic E-state index is 0.00170. The number of rotatable bonds is 0. The molecule has 0 aromatic heterocycles. The third kappa shape index (κ3) is 1.74. The predicted molar refractivity (Wildman–Crippen MR) is 91.9 cm³/mol. The van der Waals surface area contributed by atoms with E-state index < -0.39 is 0 Å². The summed E-state index contributed by atoms with van der Waals surface area (Å²) in [5.41, 5.74) is 0.414. The van der Waals surface area contributed by atoms with Crippen molar-refractivity contribution in [2.45, 2.75) is 88.8 Å². The summed E-state index contributed by atoms with van der Waals surface area (Å²) in [6, 6.07) is 0. The Balaban J connectivity index is 1.35. The van der Waals surface area contributed by atoms with Crippen LogP contribution in [-0.4, -0.2) is 41.9 Å². The van der Waals surface area contributed by atoms with E-state index in [0.29, 0.717) is 12.0 Å². The molecule has 2 heterocycles. The normalized spacial score (nSPS) is 61.3. The summed E-state index contributed by atoms with van der Waals surface area (Å²) in [7, 11) is 0. The number of fused-ring (bicyclic) bond motifs is 4. The molecular weight excluding hydrogens is 316 g/mol. The van der Waals surface area contributed by atoms with Crippen molar-refractivity contribution in [3.05, 3.63) is 0 Å². The standard InChI is InChI=1S/C21H32O4/c1-18-6-5-15-13(14(18)3-4-16(18)22)11-17-21(25-17)12-20(23-9-10-24-20)8-7-19(15,21)2/h13-17,22H,3-12H2,1-2H3/t13?,14?,15?,16?,17-,18+,19-,21-/m1/s1. The van der Waals surface area contributed by atoms with Gasteiger partial charge in [0, 0.05) is 18.3 Å². The second-order valence-electron chi connectivity index (χ2n) is 10.4. The molecule has 2 spiro atoms. The van der Waals surface area contributed by atoms with Gasteiger partial charge in [0.1, 0.15) is 5.60 Å². The van der Waals surface area contributed by atoms with Gasteiger partial charge in [-0.1, -0.05) is 13.8 Å². The number of epoxide rings is 1.